The van der Waals surface area contributed by atoms with Crippen molar-refractivity contribution in [2.45, 2.75) is 44.9 Å². The van der Waals surface area contributed by atoms with Gasteiger partial charge < -0.3 is 10.1 Å². The molecule has 0 radical (unpaired) electrons. The molecule has 2 aliphatic rings. The van der Waals surface area contributed by atoms with Gasteiger partial charge in [-0.2, -0.15) is 0 Å². The van der Waals surface area contributed by atoms with E-state index in [0.717, 1.165) is 30.8 Å². The summed E-state index contributed by atoms with van der Waals surface area (Å²) in [6.07, 6.45) is 7.32. The Labute approximate surface area is 103 Å². The lowest BCUT2D eigenvalue weighted by Crippen LogP contribution is -2.15. The second-order valence-electron chi connectivity index (χ2n) is 5.27. The summed E-state index contributed by atoms with van der Waals surface area (Å²) in [6, 6.07) is 4.99. The molecule has 2 fully saturated rings. The monoisotopic (exact) mass is 232 g/mol. The Kier molecular flexibility index (Phi) is 3.39. The molecule has 1 aromatic rings. The van der Waals surface area contributed by atoms with E-state index >= 15 is 0 Å². The number of nitrogens with one attached hydrogen (secondary N) is 1. The van der Waals surface area contributed by atoms with Crippen molar-refractivity contribution in [2.24, 2.45) is 5.92 Å². The Morgan fingerprint density at radius 2 is 2.12 bits per heavy atom. The average Bonchev–Trinajstić information content (AvgIpc) is 3.23. The van der Waals surface area contributed by atoms with Crippen LogP contribution in [-0.2, 0) is 17.9 Å². The van der Waals surface area contributed by atoms with Gasteiger partial charge in [0, 0.05) is 25.4 Å². The van der Waals surface area contributed by atoms with Crippen molar-refractivity contribution in [3.05, 3.63) is 29.6 Å². The van der Waals surface area contributed by atoms with Gasteiger partial charge in [0.2, 0.25) is 0 Å². The zero-order valence-corrected chi connectivity index (χ0v) is 10.2. The molecule has 2 aliphatic carbocycles. The van der Waals surface area contributed by atoms with Crippen LogP contribution in [0.15, 0.2) is 18.3 Å². The van der Waals surface area contributed by atoms with Crippen molar-refractivity contribution < 1.29 is 4.74 Å². The lowest BCUT2D eigenvalue weighted by Gasteiger charge is -2.05. The summed E-state index contributed by atoms with van der Waals surface area (Å²) in [6.45, 7) is 2.51. The van der Waals surface area contributed by atoms with Gasteiger partial charge in [0.1, 0.15) is 0 Å². The number of pyridine rings is 1. The number of nitrogens with zero attached hydrogens (tertiary/aromatic N) is 1. The molecule has 0 aliphatic heterocycles. The van der Waals surface area contributed by atoms with Gasteiger partial charge in [-0.3, -0.25) is 4.98 Å². The van der Waals surface area contributed by atoms with Crippen LogP contribution in [0, 0.1) is 5.92 Å². The third-order valence-electron chi connectivity index (χ3n) is 3.36. The van der Waals surface area contributed by atoms with E-state index in [4.69, 9.17) is 4.74 Å². The summed E-state index contributed by atoms with van der Waals surface area (Å²) in [5, 5.41) is 3.49. The molecule has 3 rings (SSSR count). The van der Waals surface area contributed by atoms with E-state index in [1.807, 2.05) is 6.20 Å². The van der Waals surface area contributed by atoms with Gasteiger partial charge >= 0.3 is 0 Å². The molecule has 3 nitrogen and oxygen atoms in total. The van der Waals surface area contributed by atoms with E-state index in [-0.39, 0.29) is 0 Å². The molecule has 3 heteroatoms. The molecule has 0 atom stereocenters. The first kappa shape index (κ1) is 11.2. The molecular formula is C14H20N2O. The average molecular weight is 232 g/mol. The van der Waals surface area contributed by atoms with E-state index in [1.54, 1.807) is 0 Å². The van der Waals surface area contributed by atoms with Crippen LogP contribution in [0.5, 0.6) is 0 Å². The second kappa shape index (κ2) is 5.15. The van der Waals surface area contributed by atoms with Gasteiger partial charge in [-0.15, -0.1) is 0 Å². The zero-order valence-electron chi connectivity index (χ0n) is 10.2. The van der Waals surface area contributed by atoms with E-state index in [0.29, 0.717) is 6.61 Å². The molecule has 0 spiro atoms. The Bertz CT molecular complexity index is 355. The highest BCUT2D eigenvalue weighted by atomic mass is 16.5. The van der Waals surface area contributed by atoms with Gasteiger partial charge in [0.05, 0.1) is 12.3 Å². The van der Waals surface area contributed by atoms with Crippen LogP contribution in [0.1, 0.15) is 36.9 Å². The van der Waals surface area contributed by atoms with E-state index in [9.17, 15) is 0 Å². The van der Waals surface area contributed by atoms with Gasteiger partial charge in [0.25, 0.3) is 0 Å². The molecule has 1 aromatic heterocycles. The van der Waals surface area contributed by atoms with Crippen LogP contribution in [0.2, 0.25) is 0 Å². The first-order valence-corrected chi connectivity index (χ1v) is 6.65. The van der Waals surface area contributed by atoms with Gasteiger partial charge in [0.15, 0.2) is 0 Å². The molecule has 92 valence electrons. The third kappa shape index (κ3) is 3.79. The fraction of sp³-hybridized carbons (Fsp3) is 0.643. The van der Waals surface area contributed by atoms with Crippen molar-refractivity contribution in [1.82, 2.24) is 10.3 Å². The minimum Gasteiger partial charge on any atom is -0.375 e. The van der Waals surface area contributed by atoms with E-state index in [1.165, 1.54) is 31.2 Å². The van der Waals surface area contributed by atoms with Crippen LogP contribution in [0.4, 0.5) is 0 Å². The molecule has 1 N–H and O–H groups in total. The fourth-order valence-corrected chi connectivity index (χ4v) is 1.81. The highest BCUT2D eigenvalue weighted by molar-refractivity contribution is 5.13. The van der Waals surface area contributed by atoms with Crippen molar-refractivity contribution in [2.75, 3.05) is 6.61 Å². The predicted molar refractivity (Wildman–Crippen MR) is 66.5 cm³/mol. The number of ether oxygens (including phenoxy) is 1. The molecule has 1 heterocycles. The second-order valence-corrected chi connectivity index (χ2v) is 5.27. The first-order chi connectivity index (χ1) is 8.40. The van der Waals surface area contributed by atoms with Crippen molar-refractivity contribution in [1.29, 1.82) is 0 Å². The number of hydrogen-bond acceptors (Lipinski definition) is 3. The molecular weight excluding hydrogens is 212 g/mol. The summed E-state index contributed by atoms with van der Waals surface area (Å²) < 4.78 is 5.61. The molecule has 0 amide bonds. The van der Waals surface area contributed by atoms with Crippen molar-refractivity contribution >= 4 is 0 Å². The SMILES string of the molecule is c1cc(COCC2CC2)ncc1CNC1CC1. The highest BCUT2D eigenvalue weighted by Gasteiger charge is 2.21. The number of hydrogen-bond donors (Lipinski definition) is 1. The maximum atomic E-state index is 5.61. The third-order valence-corrected chi connectivity index (χ3v) is 3.36. The largest absolute Gasteiger partial charge is 0.375 e. The molecule has 0 aromatic carbocycles. The summed E-state index contributed by atoms with van der Waals surface area (Å²) in [5.41, 5.74) is 2.31. The standard InChI is InChI=1S/C14H20N2O/c1-2-11(1)9-17-10-14-4-3-12(8-16-14)7-15-13-5-6-13/h3-4,8,11,13,15H,1-2,5-7,9-10H2. The molecule has 0 saturated heterocycles. The molecule has 2 saturated carbocycles. The summed E-state index contributed by atoms with van der Waals surface area (Å²) >= 11 is 0. The zero-order chi connectivity index (χ0) is 11.5. The van der Waals surface area contributed by atoms with Crippen LogP contribution in [-0.4, -0.2) is 17.6 Å². The lowest BCUT2D eigenvalue weighted by molar-refractivity contribution is 0.109. The first-order valence-electron chi connectivity index (χ1n) is 6.65. The Balaban J connectivity index is 1.41. The van der Waals surface area contributed by atoms with Crippen molar-refractivity contribution in [3.63, 3.8) is 0 Å². The Morgan fingerprint density at radius 1 is 1.24 bits per heavy atom. The molecule has 17 heavy (non-hydrogen) atoms. The van der Waals surface area contributed by atoms with Crippen LogP contribution in [0.25, 0.3) is 0 Å². The highest BCUT2D eigenvalue weighted by Crippen LogP contribution is 2.29. The van der Waals surface area contributed by atoms with Crippen LogP contribution >= 0.6 is 0 Å². The maximum Gasteiger partial charge on any atom is 0.0887 e. The topological polar surface area (TPSA) is 34.1 Å². The Morgan fingerprint density at radius 3 is 2.76 bits per heavy atom. The van der Waals surface area contributed by atoms with E-state index in [2.05, 4.69) is 22.4 Å². The Hall–Kier alpha value is -0.930. The summed E-state index contributed by atoms with van der Waals surface area (Å²) in [4.78, 5) is 4.43. The summed E-state index contributed by atoms with van der Waals surface area (Å²) in [5.74, 6) is 0.831. The van der Waals surface area contributed by atoms with Crippen molar-refractivity contribution in [3.8, 4) is 0 Å². The van der Waals surface area contributed by atoms with Gasteiger partial charge in [-0.05, 0) is 43.2 Å². The molecule has 0 unspecified atom stereocenters. The van der Waals surface area contributed by atoms with Gasteiger partial charge in [-0.1, -0.05) is 6.07 Å². The maximum absolute atomic E-state index is 5.61. The fourth-order valence-electron chi connectivity index (χ4n) is 1.81. The van der Waals surface area contributed by atoms with E-state index < -0.39 is 0 Å². The minimum absolute atomic E-state index is 0.660. The van der Waals surface area contributed by atoms with Crippen LogP contribution in [0.3, 0.4) is 0 Å². The predicted octanol–water partition coefficient (Wildman–Crippen LogP) is 2.26. The molecule has 0 bridgehead atoms. The number of rotatable bonds is 7. The summed E-state index contributed by atoms with van der Waals surface area (Å²) in [7, 11) is 0. The minimum atomic E-state index is 0.660. The number of aromatic nitrogens is 1. The quantitative estimate of drug-likeness (QED) is 0.783. The lowest BCUT2D eigenvalue weighted by atomic mass is 10.2. The normalized spacial score (nSPS) is 19.5. The smallest absolute Gasteiger partial charge is 0.0887 e. The van der Waals surface area contributed by atoms with Gasteiger partial charge in [-0.25, -0.2) is 0 Å². The van der Waals surface area contributed by atoms with Crippen LogP contribution < -0.4 is 5.32 Å².